The zero-order chi connectivity index (χ0) is 24.8. The molecule has 0 atom stereocenters. The highest BCUT2D eigenvalue weighted by molar-refractivity contribution is 7.93. The van der Waals surface area contributed by atoms with Gasteiger partial charge in [-0.05, 0) is 36.6 Å². The molecule has 0 unspecified atom stereocenters. The molecule has 1 amide bonds. The van der Waals surface area contributed by atoms with Crippen LogP contribution in [0.15, 0.2) is 28.1 Å². The maximum atomic E-state index is 12.5. The molecule has 0 fully saturated rings. The molecule has 0 aliphatic rings. The highest BCUT2D eigenvalue weighted by Crippen LogP contribution is 2.30. The summed E-state index contributed by atoms with van der Waals surface area (Å²) in [4.78, 5) is 12.5. The summed E-state index contributed by atoms with van der Waals surface area (Å²) in [6.07, 6.45) is 2.14. The Morgan fingerprint density at radius 2 is 1.94 bits per heavy atom. The van der Waals surface area contributed by atoms with Gasteiger partial charge < -0.3 is 8.92 Å². The lowest BCUT2D eigenvalue weighted by molar-refractivity contribution is -0.112. The Bertz CT molecular complexity index is 1310. The van der Waals surface area contributed by atoms with Crippen molar-refractivity contribution in [3.8, 4) is 17.6 Å². The van der Waals surface area contributed by atoms with Crippen molar-refractivity contribution in [3.63, 3.8) is 0 Å². The van der Waals surface area contributed by atoms with Gasteiger partial charge in [0.1, 0.15) is 11.6 Å². The zero-order valence-electron chi connectivity index (χ0n) is 18.2. The van der Waals surface area contributed by atoms with Crippen LogP contribution in [0.1, 0.15) is 26.3 Å². The van der Waals surface area contributed by atoms with Gasteiger partial charge in [-0.15, -0.1) is 10.2 Å². The lowest BCUT2D eigenvalue weighted by atomic mass is 10.1. The third-order valence-corrected chi connectivity index (χ3v) is 7.48. The summed E-state index contributed by atoms with van der Waals surface area (Å²) < 4.78 is 57.3. The molecule has 33 heavy (non-hydrogen) atoms. The first kappa shape index (κ1) is 26.2. The number of sulfone groups is 1. The van der Waals surface area contributed by atoms with Gasteiger partial charge in [0.15, 0.2) is 11.5 Å². The van der Waals surface area contributed by atoms with Crippen LogP contribution in [0.2, 0.25) is 0 Å². The molecule has 0 radical (unpaired) electrons. The molecule has 178 valence electrons. The summed E-state index contributed by atoms with van der Waals surface area (Å²) in [7, 11) is -7.42. The van der Waals surface area contributed by atoms with E-state index in [-0.39, 0.29) is 44.8 Å². The molecule has 1 N–H and O–H groups in total. The van der Waals surface area contributed by atoms with E-state index in [4.69, 9.17) is 8.92 Å². The van der Waals surface area contributed by atoms with Crippen molar-refractivity contribution in [1.82, 2.24) is 10.2 Å². The molecule has 1 heterocycles. The third-order valence-electron chi connectivity index (χ3n) is 3.63. The topological polar surface area (TPSA) is 165 Å². The van der Waals surface area contributed by atoms with E-state index >= 15 is 0 Å². The molecular weight excluding hydrogens is 492 g/mol. The van der Waals surface area contributed by atoms with Crippen LogP contribution in [0.4, 0.5) is 5.13 Å². The summed E-state index contributed by atoms with van der Waals surface area (Å²) >= 11 is 0.688. The molecule has 2 rings (SSSR count). The second-order valence-corrected chi connectivity index (χ2v) is 11.9. The Labute approximate surface area is 196 Å². The van der Waals surface area contributed by atoms with E-state index in [0.717, 1.165) is 6.26 Å². The van der Waals surface area contributed by atoms with Gasteiger partial charge in [0.05, 0.1) is 18.6 Å². The fourth-order valence-electron chi connectivity index (χ4n) is 2.49. The number of carbonyl (C=O) groups is 1. The number of carbonyl (C=O) groups excluding carboxylic acids is 1. The van der Waals surface area contributed by atoms with Crippen molar-refractivity contribution >= 4 is 48.4 Å². The van der Waals surface area contributed by atoms with Crippen LogP contribution in [-0.2, 0) is 24.7 Å². The van der Waals surface area contributed by atoms with Crippen molar-refractivity contribution in [2.24, 2.45) is 5.92 Å². The number of ether oxygens (including phenoxy) is 1. The number of nitrogens with zero attached hydrogens (tertiary/aromatic N) is 3. The van der Waals surface area contributed by atoms with E-state index in [2.05, 4.69) is 15.5 Å². The summed E-state index contributed by atoms with van der Waals surface area (Å²) in [5.41, 5.74) is 0.0551. The number of hydrogen-bond acceptors (Lipinski definition) is 11. The van der Waals surface area contributed by atoms with Gasteiger partial charge in [-0.1, -0.05) is 31.3 Å². The molecule has 1 aromatic heterocycles. The molecule has 1 aromatic carbocycles. The lowest BCUT2D eigenvalue weighted by Crippen LogP contribution is -2.13. The van der Waals surface area contributed by atoms with Crippen molar-refractivity contribution in [2.75, 3.05) is 23.9 Å². The summed E-state index contributed by atoms with van der Waals surface area (Å²) in [5, 5.41) is 19.0. The van der Waals surface area contributed by atoms with E-state index < -0.39 is 25.9 Å². The Hall–Kier alpha value is -3.02. The minimum Gasteiger partial charge on any atom is -0.490 e. The number of rotatable bonds is 10. The van der Waals surface area contributed by atoms with Gasteiger partial charge in [0.25, 0.3) is 5.91 Å². The van der Waals surface area contributed by atoms with Gasteiger partial charge >= 0.3 is 10.1 Å². The van der Waals surface area contributed by atoms with Crippen LogP contribution in [0.25, 0.3) is 6.08 Å². The van der Waals surface area contributed by atoms with E-state index in [1.165, 1.54) is 24.3 Å². The second-order valence-electron chi connectivity index (χ2n) is 7.10. The number of hydrogen-bond donors (Lipinski definition) is 1. The van der Waals surface area contributed by atoms with E-state index in [9.17, 15) is 26.9 Å². The van der Waals surface area contributed by atoms with Gasteiger partial charge in [0, 0.05) is 0 Å². The third kappa shape index (κ3) is 7.81. The van der Waals surface area contributed by atoms with E-state index in [1.54, 1.807) is 26.8 Å². The largest absolute Gasteiger partial charge is 0.490 e. The SMILES string of the molecule is CCOc1cc(/C=C(/C#N)C(=O)Nc2nnc(S(=O)(=O)CC(C)C)s2)ccc1OS(C)(=O)=O. The van der Waals surface area contributed by atoms with Crippen LogP contribution in [-0.4, -0.2) is 51.6 Å². The number of amides is 1. The Morgan fingerprint density at radius 3 is 2.52 bits per heavy atom. The molecule has 0 spiro atoms. The van der Waals surface area contributed by atoms with Crippen LogP contribution >= 0.6 is 11.3 Å². The fraction of sp³-hybridized carbons (Fsp3) is 0.368. The first-order chi connectivity index (χ1) is 15.3. The first-order valence-corrected chi connectivity index (χ1v) is 13.8. The quantitative estimate of drug-likeness (QED) is 0.215. The van der Waals surface area contributed by atoms with Gasteiger partial charge in [0.2, 0.25) is 19.3 Å². The highest BCUT2D eigenvalue weighted by Gasteiger charge is 2.23. The fourth-order valence-corrected chi connectivity index (χ4v) is 5.56. The van der Waals surface area contributed by atoms with Gasteiger partial charge in [-0.3, -0.25) is 10.1 Å². The molecule has 0 saturated carbocycles. The monoisotopic (exact) mass is 514 g/mol. The summed E-state index contributed by atoms with van der Waals surface area (Å²) in [6.45, 7) is 5.42. The zero-order valence-corrected chi connectivity index (χ0v) is 20.7. The van der Waals surface area contributed by atoms with Gasteiger partial charge in [-0.25, -0.2) is 8.42 Å². The summed E-state index contributed by atoms with van der Waals surface area (Å²) in [5.74, 6) is -0.973. The predicted octanol–water partition coefficient (Wildman–Crippen LogP) is 2.25. The van der Waals surface area contributed by atoms with Crippen molar-refractivity contribution < 1.29 is 30.6 Å². The normalized spacial score (nSPS) is 12.3. The van der Waals surface area contributed by atoms with E-state index in [1.807, 2.05) is 0 Å². The number of benzene rings is 1. The number of anilines is 1. The molecule has 2 aromatic rings. The molecule has 0 aliphatic carbocycles. The molecule has 14 heteroatoms. The van der Waals surface area contributed by atoms with Gasteiger partial charge in [-0.2, -0.15) is 13.7 Å². The highest BCUT2D eigenvalue weighted by atomic mass is 32.2. The number of nitrogens with one attached hydrogen (secondary N) is 1. The molecular formula is C19H22N4O7S3. The standard InChI is InChI=1S/C19H22N4O7S3/c1-5-29-16-9-13(6-7-15(16)30-32(4,25)26)8-14(10-20)17(24)21-18-22-23-19(31-18)33(27,28)11-12(2)3/h6-9,12H,5,11H2,1-4H3,(H,21,22,24)/b14-8-. The Kier molecular flexibility index (Phi) is 8.53. The van der Waals surface area contributed by atoms with Crippen LogP contribution in [0.3, 0.4) is 0 Å². The Morgan fingerprint density at radius 1 is 1.24 bits per heavy atom. The molecule has 0 bridgehead atoms. The molecule has 0 aliphatic heterocycles. The number of aromatic nitrogens is 2. The van der Waals surface area contributed by atoms with Crippen molar-refractivity contribution in [3.05, 3.63) is 29.3 Å². The number of nitriles is 1. The second kappa shape index (κ2) is 10.7. The average molecular weight is 515 g/mol. The lowest BCUT2D eigenvalue weighted by Gasteiger charge is -2.11. The summed E-state index contributed by atoms with van der Waals surface area (Å²) in [6, 6.07) is 5.94. The van der Waals surface area contributed by atoms with Crippen molar-refractivity contribution in [2.45, 2.75) is 25.1 Å². The average Bonchev–Trinajstić information content (AvgIpc) is 3.15. The van der Waals surface area contributed by atoms with E-state index in [0.29, 0.717) is 16.9 Å². The Balaban J connectivity index is 2.26. The smallest absolute Gasteiger partial charge is 0.306 e. The minimum absolute atomic E-state index is 0.0385. The van der Waals surface area contributed by atoms with Crippen LogP contribution in [0, 0.1) is 17.2 Å². The maximum Gasteiger partial charge on any atom is 0.306 e. The van der Waals surface area contributed by atoms with Crippen LogP contribution in [0.5, 0.6) is 11.5 Å². The first-order valence-electron chi connectivity index (χ1n) is 9.50. The molecule has 11 nitrogen and oxygen atoms in total. The minimum atomic E-state index is -3.79. The van der Waals surface area contributed by atoms with Crippen molar-refractivity contribution in [1.29, 1.82) is 5.26 Å². The van der Waals surface area contributed by atoms with Crippen LogP contribution < -0.4 is 14.2 Å². The maximum absolute atomic E-state index is 12.5. The molecule has 0 saturated heterocycles. The predicted molar refractivity (Wildman–Crippen MR) is 122 cm³/mol.